The molecule has 1 aromatic carbocycles. The first-order chi connectivity index (χ1) is 9.22. The van der Waals surface area contributed by atoms with E-state index in [2.05, 4.69) is 5.43 Å². The van der Waals surface area contributed by atoms with Crippen LogP contribution in [0.3, 0.4) is 0 Å². The van der Waals surface area contributed by atoms with Gasteiger partial charge in [-0.05, 0) is 36.4 Å². The molecule has 0 aliphatic heterocycles. The highest BCUT2D eigenvalue weighted by molar-refractivity contribution is 7.14. The fraction of sp³-hybridized carbons (Fsp3) is 0.154. The molecule has 6 heteroatoms. The van der Waals surface area contributed by atoms with E-state index >= 15 is 0 Å². The third kappa shape index (κ3) is 3.46. The number of benzene rings is 1. The molecule has 0 fully saturated rings. The molecule has 19 heavy (non-hydrogen) atoms. The minimum atomic E-state index is -0.291. The Kier molecular flexibility index (Phi) is 4.38. The van der Waals surface area contributed by atoms with Crippen molar-refractivity contribution in [2.24, 2.45) is 5.84 Å². The van der Waals surface area contributed by atoms with Crippen molar-refractivity contribution >= 4 is 17.2 Å². The number of carbonyl (C=O) groups excluding carboxylic acids is 1. The molecule has 0 atom stereocenters. The van der Waals surface area contributed by atoms with Crippen LogP contribution in [0.1, 0.15) is 14.5 Å². The third-order valence-electron chi connectivity index (χ3n) is 2.46. The van der Waals surface area contributed by atoms with Crippen molar-refractivity contribution in [1.82, 2.24) is 5.43 Å². The lowest BCUT2D eigenvalue weighted by molar-refractivity contribution is 0.0957. The van der Waals surface area contributed by atoms with E-state index in [1.54, 1.807) is 13.2 Å². The van der Waals surface area contributed by atoms with Gasteiger partial charge in [-0.15, -0.1) is 11.3 Å². The Morgan fingerprint density at radius 2 is 1.89 bits per heavy atom. The minimum absolute atomic E-state index is 0.291. The van der Waals surface area contributed by atoms with Crippen LogP contribution in [0.2, 0.25) is 0 Å². The summed E-state index contributed by atoms with van der Waals surface area (Å²) >= 11 is 1.35. The minimum Gasteiger partial charge on any atom is -0.497 e. The Morgan fingerprint density at radius 3 is 2.53 bits per heavy atom. The number of methoxy groups -OCH3 is 1. The number of carbonyl (C=O) groups is 1. The number of nitrogens with two attached hydrogens (primary N) is 1. The van der Waals surface area contributed by atoms with E-state index in [9.17, 15) is 4.79 Å². The molecule has 1 aromatic heterocycles. The number of hydrogen-bond donors (Lipinski definition) is 2. The van der Waals surface area contributed by atoms with Crippen molar-refractivity contribution in [3.8, 4) is 11.5 Å². The normalized spacial score (nSPS) is 10.0. The largest absolute Gasteiger partial charge is 0.497 e. The summed E-state index contributed by atoms with van der Waals surface area (Å²) in [5.41, 5.74) is 2.10. The Morgan fingerprint density at radius 1 is 1.21 bits per heavy atom. The maximum Gasteiger partial charge on any atom is 0.275 e. The van der Waals surface area contributed by atoms with E-state index in [0.717, 1.165) is 16.4 Å². The molecule has 0 aliphatic carbocycles. The first-order valence-electron chi connectivity index (χ1n) is 5.59. The van der Waals surface area contributed by atoms with Gasteiger partial charge in [0.05, 0.1) is 12.0 Å². The van der Waals surface area contributed by atoms with E-state index in [0.29, 0.717) is 11.5 Å². The molecule has 0 radical (unpaired) electrons. The quantitative estimate of drug-likeness (QED) is 0.498. The molecule has 1 heterocycles. The lowest BCUT2D eigenvalue weighted by Gasteiger charge is -2.05. The number of hydrogen-bond acceptors (Lipinski definition) is 5. The van der Waals surface area contributed by atoms with Crippen LogP contribution in [0.5, 0.6) is 11.5 Å². The molecule has 0 spiro atoms. The van der Waals surface area contributed by atoms with Crippen LogP contribution in [-0.2, 0) is 6.61 Å². The Balaban J connectivity index is 1.94. The second-order valence-corrected chi connectivity index (χ2v) is 4.87. The van der Waals surface area contributed by atoms with Crippen LogP contribution >= 0.6 is 11.3 Å². The van der Waals surface area contributed by atoms with Gasteiger partial charge in [0.1, 0.15) is 18.1 Å². The van der Waals surface area contributed by atoms with E-state index in [1.807, 2.05) is 30.3 Å². The van der Waals surface area contributed by atoms with Gasteiger partial charge in [0.25, 0.3) is 5.91 Å². The van der Waals surface area contributed by atoms with Crippen molar-refractivity contribution in [1.29, 1.82) is 0 Å². The summed E-state index contributed by atoms with van der Waals surface area (Å²) in [6.07, 6.45) is 0. The SMILES string of the molecule is COc1ccc(OCc2ccc(C(=O)NN)s2)cc1. The van der Waals surface area contributed by atoms with Crippen molar-refractivity contribution in [3.05, 3.63) is 46.2 Å². The Labute approximate surface area is 114 Å². The molecule has 3 N–H and O–H groups in total. The molecule has 0 unspecified atom stereocenters. The van der Waals surface area contributed by atoms with Gasteiger partial charge in [0, 0.05) is 4.88 Å². The topological polar surface area (TPSA) is 73.6 Å². The lowest BCUT2D eigenvalue weighted by Crippen LogP contribution is -2.29. The smallest absolute Gasteiger partial charge is 0.275 e. The van der Waals surface area contributed by atoms with Crippen molar-refractivity contribution in [2.75, 3.05) is 7.11 Å². The van der Waals surface area contributed by atoms with Crippen LogP contribution in [-0.4, -0.2) is 13.0 Å². The predicted octanol–water partition coefficient (Wildman–Crippen LogP) is 1.94. The van der Waals surface area contributed by atoms with Gasteiger partial charge in [0.15, 0.2) is 0 Å². The van der Waals surface area contributed by atoms with Gasteiger partial charge in [-0.1, -0.05) is 0 Å². The van der Waals surface area contributed by atoms with E-state index < -0.39 is 0 Å². The molecule has 5 nitrogen and oxygen atoms in total. The summed E-state index contributed by atoms with van der Waals surface area (Å²) < 4.78 is 10.7. The molecule has 1 amide bonds. The second-order valence-electron chi connectivity index (χ2n) is 3.70. The van der Waals surface area contributed by atoms with E-state index in [-0.39, 0.29) is 5.91 Å². The summed E-state index contributed by atoms with van der Waals surface area (Å²) in [7, 11) is 1.62. The van der Waals surface area contributed by atoms with Gasteiger partial charge >= 0.3 is 0 Å². The number of thiophene rings is 1. The molecule has 0 saturated carbocycles. The number of nitrogen functional groups attached to an aromatic ring is 1. The van der Waals surface area contributed by atoms with Crippen molar-refractivity contribution in [3.63, 3.8) is 0 Å². The van der Waals surface area contributed by atoms with E-state index in [4.69, 9.17) is 15.3 Å². The molecular formula is C13H14N2O3S. The first kappa shape index (κ1) is 13.4. The van der Waals surface area contributed by atoms with Crippen LogP contribution < -0.4 is 20.7 Å². The average molecular weight is 278 g/mol. The summed E-state index contributed by atoms with van der Waals surface area (Å²) in [4.78, 5) is 12.8. The standard InChI is InChI=1S/C13H14N2O3S/c1-17-9-2-4-10(5-3-9)18-8-11-6-7-12(19-11)13(16)15-14/h2-7H,8,14H2,1H3,(H,15,16). The second kappa shape index (κ2) is 6.21. The van der Waals surface area contributed by atoms with Gasteiger partial charge in [-0.3, -0.25) is 10.2 Å². The van der Waals surface area contributed by atoms with Gasteiger partial charge < -0.3 is 9.47 Å². The predicted molar refractivity (Wildman–Crippen MR) is 73.3 cm³/mol. The molecule has 0 saturated heterocycles. The summed E-state index contributed by atoms with van der Waals surface area (Å²) in [6.45, 7) is 0.412. The fourth-order valence-corrected chi connectivity index (χ4v) is 2.30. The number of rotatable bonds is 5. The fourth-order valence-electron chi connectivity index (χ4n) is 1.48. The summed E-state index contributed by atoms with van der Waals surface area (Å²) in [5.74, 6) is 6.31. The van der Waals surface area contributed by atoms with Gasteiger partial charge in [-0.25, -0.2) is 5.84 Å². The Hall–Kier alpha value is -2.05. The van der Waals surface area contributed by atoms with Crippen molar-refractivity contribution < 1.29 is 14.3 Å². The highest BCUT2D eigenvalue weighted by atomic mass is 32.1. The summed E-state index contributed by atoms with van der Waals surface area (Å²) in [5, 5.41) is 0. The molecule has 0 bridgehead atoms. The summed E-state index contributed by atoms with van der Waals surface area (Å²) in [6, 6.07) is 10.9. The monoisotopic (exact) mass is 278 g/mol. The molecule has 100 valence electrons. The maximum absolute atomic E-state index is 11.3. The van der Waals surface area contributed by atoms with Crippen molar-refractivity contribution in [2.45, 2.75) is 6.61 Å². The zero-order chi connectivity index (χ0) is 13.7. The zero-order valence-corrected chi connectivity index (χ0v) is 11.2. The molecule has 0 aliphatic rings. The van der Waals surface area contributed by atoms with Crippen LogP contribution in [0.25, 0.3) is 0 Å². The Bertz CT molecular complexity index is 551. The average Bonchev–Trinajstić information content (AvgIpc) is 2.93. The highest BCUT2D eigenvalue weighted by Crippen LogP contribution is 2.21. The van der Waals surface area contributed by atoms with Crippen LogP contribution in [0.15, 0.2) is 36.4 Å². The lowest BCUT2D eigenvalue weighted by atomic mass is 10.3. The number of ether oxygens (including phenoxy) is 2. The molecular weight excluding hydrogens is 264 g/mol. The van der Waals surface area contributed by atoms with Gasteiger partial charge in [0.2, 0.25) is 0 Å². The maximum atomic E-state index is 11.3. The number of hydrazine groups is 1. The number of amides is 1. The highest BCUT2D eigenvalue weighted by Gasteiger charge is 2.07. The number of nitrogens with one attached hydrogen (secondary N) is 1. The molecule has 2 rings (SSSR count). The third-order valence-corrected chi connectivity index (χ3v) is 3.51. The molecule has 2 aromatic rings. The first-order valence-corrected chi connectivity index (χ1v) is 6.41. The van der Waals surface area contributed by atoms with Crippen LogP contribution in [0.4, 0.5) is 0 Å². The van der Waals surface area contributed by atoms with Crippen LogP contribution in [0, 0.1) is 0 Å². The van der Waals surface area contributed by atoms with E-state index in [1.165, 1.54) is 11.3 Å². The van der Waals surface area contributed by atoms with Gasteiger partial charge in [-0.2, -0.15) is 0 Å². The zero-order valence-electron chi connectivity index (χ0n) is 10.4.